The first-order chi connectivity index (χ1) is 16.7. The zero-order valence-corrected chi connectivity index (χ0v) is 22.2. The van der Waals surface area contributed by atoms with Gasteiger partial charge in [0.2, 0.25) is 17.7 Å². The van der Waals surface area contributed by atoms with E-state index in [9.17, 15) is 14.4 Å². The zero-order valence-electron chi connectivity index (χ0n) is 22.2. The van der Waals surface area contributed by atoms with Gasteiger partial charge in [-0.25, -0.2) is 0 Å². The van der Waals surface area contributed by atoms with Crippen molar-refractivity contribution < 1.29 is 14.4 Å². The van der Waals surface area contributed by atoms with E-state index >= 15 is 0 Å². The number of rotatable bonds is 7. The summed E-state index contributed by atoms with van der Waals surface area (Å²) in [4.78, 5) is 46.8. The quantitative estimate of drug-likeness (QED) is 0.591. The van der Waals surface area contributed by atoms with Crippen molar-refractivity contribution in [3.63, 3.8) is 0 Å². The maximum absolute atomic E-state index is 13.4. The summed E-state index contributed by atoms with van der Waals surface area (Å²) in [5, 5.41) is 0. The molecule has 0 atom stereocenters. The first-order valence-electron chi connectivity index (χ1n) is 13.4. The Labute approximate surface area is 211 Å². The highest BCUT2D eigenvalue weighted by molar-refractivity contribution is 5.94. The topological polar surface area (TPSA) is 64.2 Å². The minimum absolute atomic E-state index is 0.0725. The summed E-state index contributed by atoms with van der Waals surface area (Å²) < 4.78 is 0. The molecule has 1 aromatic carbocycles. The van der Waals surface area contributed by atoms with Crippen LogP contribution in [0.25, 0.3) is 0 Å². The second kappa shape index (κ2) is 13.1. The molecule has 194 valence electrons. The van der Waals surface area contributed by atoms with Crippen LogP contribution in [0.4, 0.5) is 5.69 Å². The molecule has 2 aliphatic heterocycles. The summed E-state index contributed by atoms with van der Waals surface area (Å²) in [5.74, 6) is 1.19. The summed E-state index contributed by atoms with van der Waals surface area (Å²) in [7, 11) is 0. The van der Waals surface area contributed by atoms with Gasteiger partial charge in [-0.2, -0.15) is 0 Å². The average molecular weight is 485 g/mol. The van der Waals surface area contributed by atoms with Crippen LogP contribution >= 0.6 is 0 Å². The van der Waals surface area contributed by atoms with Gasteiger partial charge in [0.05, 0.1) is 0 Å². The van der Waals surface area contributed by atoms with Crippen molar-refractivity contribution in [1.82, 2.24) is 14.7 Å². The summed E-state index contributed by atoms with van der Waals surface area (Å²) in [6, 6.07) is 8.02. The molecule has 1 fully saturated rings. The van der Waals surface area contributed by atoms with Crippen molar-refractivity contribution in [2.75, 3.05) is 50.7 Å². The van der Waals surface area contributed by atoms with Gasteiger partial charge in [0.15, 0.2) is 0 Å². The molecule has 1 aromatic rings. The smallest absolute Gasteiger partial charge is 0.227 e. The van der Waals surface area contributed by atoms with E-state index in [2.05, 4.69) is 32.6 Å². The molecule has 2 heterocycles. The Balaban J connectivity index is 1.84. The van der Waals surface area contributed by atoms with E-state index in [-0.39, 0.29) is 23.6 Å². The van der Waals surface area contributed by atoms with Crippen LogP contribution in [0.15, 0.2) is 24.3 Å². The standard InChI is InChI=1S/C28H44N4O3/c1-22(2)19-28(35)32-15-8-13-29(20-23(3)4)17-18-31(21-24-9-5-6-10-25(24)32)27(34)12-16-30-14-7-11-26(30)33/h5-6,9-10,22-23H,7-8,11-21H2,1-4H3. The minimum Gasteiger partial charge on any atom is -0.342 e. The highest BCUT2D eigenvalue weighted by atomic mass is 16.2. The number of hydrogen-bond acceptors (Lipinski definition) is 4. The first-order valence-corrected chi connectivity index (χ1v) is 13.4. The van der Waals surface area contributed by atoms with Crippen LogP contribution in [0.5, 0.6) is 0 Å². The number of carbonyl (C=O) groups excluding carboxylic acids is 3. The third-order valence-electron chi connectivity index (χ3n) is 6.81. The highest BCUT2D eigenvalue weighted by Crippen LogP contribution is 2.25. The van der Waals surface area contributed by atoms with Crippen molar-refractivity contribution in [3.05, 3.63) is 29.8 Å². The van der Waals surface area contributed by atoms with Crippen LogP contribution in [0.2, 0.25) is 0 Å². The van der Waals surface area contributed by atoms with Gasteiger partial charge >= 0.3 is 0 Å². The van der Waals surface area contributed by atoms with Crippen molar-refractivity contribution in [3.8, 4) is 0 Å². The molecule has 0 spiro atoms. The number of amides is 3. The Morgan fingerprint density at radius 2 is 1.66 bits per heavy atom. The fourth-order valence-electron chi connectivity index (χ4n) is 5.10. The number of benzene rings is 1. The van der Waals surface area contributed by atoms with Gasteiger partial charge in [-0.15, -0.1) is 0 Å². The van der Waals surface area contributed by atoms with Gasteiger partial charge in [0, 0.05) is 70.8 Å². The number of anilines is 1. The van der Waals surface area contributed by atoms with Gasteiger partial charge in [-0.05, 0) is 42.9 Å². The highest BCUT2D eigenvalue weighted by Gasteiger charge is 2.26. The minimum atomic E-state index is 0.0725. The van der Waals surface area contributed by atoms with Gasteiger partial charge in [-0.1, -0.05) is 45.9 Å². The third-order valence-corrected chi connectivity index (χ3v) is 6.81. The number of nitrogens with zero attached hydrogens (tertiary/aromatic N) is 4. The number of hydrogen-bond donors (Lipinski definition) is 0. The zero-order chi connectivity index (χ0) is 25.4. The van der Waals surface area contributed by atoms with E-state index in [4.69, 9.17) is 0 Å². The van der Waals surface area contributed by atoms with E-state index < -0.39 is 0 Å². The lowest BCUT2D eigenvalue weighted by molar-refractivity contribution is -0.133. The van der Waals surface area contributed by atoms with Crippen LogP contribution in [0.3, 0.4) is 0 Å². The van der Waals surface area contributed by atoms with Crippen LogP contribution in [0.1, 0.15) is 65.4 Å². The Bertz CT molecular complexity index is 870. The van der Waals surface area contributed by atoms with Gasteiger partial charge in [0.1, 0.15) is 0 Å². The molecule has 0 N–H and O–H groups in total. The molecule has 0 bridgehead atoms. The molecular formula is C28H44N4O3. The van der Waals surface area contributed by atoms with Crippen LogP contribution in [-0.2, 0) is 20.9 Å². The number of para-hydroxylation sites is 1. The third kappa shape index (κ3) is 8.06. The average Bonchev–Trinajstić information content (AvgIpc) is 3.20. The summed E-state index contributed by atoms with van der Waals surface area (Å²) in [5.41, 5.74) is 1.93. The Morgan fingerprint density at radius 3 is 2.34 bits per heavy atom. The Morgan fingerprint density at radius 1 is 0.886 bits per heavy atom. The molecule has 3 amide bonds. The van der Waals surface area contributed by atoms with Gasteiger partial charge in [0.25, 0.3) is 0 Å². The Hall–Kier alpha value is -2.41. The fourth-order valence-corrected chi connectivity index (χ4v) is 5.10. The molecule has 35 heavy (non-hydrogen) atoms. The number of carbonyl (C=O) groups is 3. The Kier molecular flexibility index (Phi) is 10.1. The lowest BCUT2D eigenvalue weighted by atomic mass is 10.1. The molecule has 7 nitrogen and oxygen atoms in total. The van der Waals surface area contributed by atoms with Gasteiger partial charge < -0.3 is 19.6 Å². The van der Waals surface area contributed by atoms with E-state index in [0.29, 0.717) is 51.4 Å². The predicted octanol–water partition coefficient (Wildman–Crippen LogP) is 3.77. The maximum Gasteiger partial charge on any atom is 0.227 e. The van der Waals surface area contributed by atoms with Gasteiger partial charge in [-0.3, -0.25) is 14.4 Å². The lowest BCUT2D eigenvalue weighted by Gasteiger charge is -2.29. The van der Waals surface area contributed by atoms with Crippen molar-refractivity contribution in [1.29, 1.82) is 0 Å². The summed E-state index contributed by atoms with van der Waals surface area (Å²) in [6.45, 7) is 14.3. The van der Waals surface area contributed by atoms with Crippen LogP contribution in [-0.4, -0.2) is 78.2 Å². The molecule has 2 aliphatic rings. The molecule has 0 unspecified atom stereocenters. The SMILES string of the molecule is CC(C)CC(=O)N1CCCN(CC(C)C)CCN(C(=O)CCN2CCCC2=O)Cc2ccccc21. The largest absolute Gasteiger partial charge is 0.342 e. The second-order valence-electron chi connectivity index (χ2n) is 10.9. The first kappa shape index (κ1) is 27.2. The molecule has 0 radical (unpaired) electrons. The molecule has 0 saturated carbocycles. The molecule has 0 aromatic heterocycles. The van der Waals surface area contributed by atoms with Crippen molar-refractivity contribution in [2.45, 2.75) is 66.3 Å². The molecule has 0 aliphatic carbocycles. The van der Waals surface area contributed by atoms with Crippen LogP contribution < -0.4 is 4.90 Å². The number of likely N-dealkylation sites (tertiary alicyclic amines) is 1. The summed E-state index contributed by atoms with van der Waals surface area (Å²) in [6.07, 6.45) is 3.23. The maximum atomic E-state index is 13.4. The lowest BCUT2D eigenvalue weighted by Crippen LogP contribution is -2.41. The predicted molar refractivity (Wildman–Crippen MR) is 140 cm³/mol. The monoisotopic (exact) mass is 484 g/mol. The second-order valence-corrected chi connectivity index (χ2v) is 10.9. The number of fused-ring (bicyclic) bond motifs is 1. The van der Waals surface area contributed by atoms with E-state index in [0.717, 1.165) is 50.3 Å². The molecule has 7 heteroatoms. The van der Waals surface area contributed by atoms with Crippen molar-refractivity contribution >= 4 is 23.4 Å². The van der Waals surface area contributed by atoms with E-state index in [1.54, 1.807) is 0 Å². The van der Waals surface area contributed by atoms with E-state index in [1.807, 2.05) is 39.0 Å². The van der Waals surface area contributed by atoms with Crippen molar-refractivity contribution in [2.24, 2.45) is 11.8 Å². The normalized spacial score (nSPS) is 18.2. The van der Waals surface area contributed by atoms with E-state index in [1.165, 1.54) is 0 Å². The summed E-state index contributed by atoms with van der Waals surface area (Å²) >= 11 is 0. The molecule has 3 rings (SSSR count). The molecule has 1 saturated heterocycles. The fraction of sp³-hybridized carbons (Fsp3) is 0.679. The molecular weight excluding hydrogens is 440 g/mol. The van der Waals surface area contributed by atoms with Crippen LogP contribution in [0, 0.1) is 11.8 Å².